The van der Waals surface area contributed by atoms with E-state index in [4.69, 9.17) is 4.74 Å². The van der Waals surface area contributed by atoms with Crippen LogP contribution in [0.4, 0.5) is 0 Å². The molecule has 0 bridgehead atoms. The Hall–Kier alpha value is -0.650. The lowest BCUT2D eigenvalue weighted by atomic mass is 9.96. The minimum Gasteiger partial charge on any atom is -0.480 e. The fraction of sp³-hybridized carbons (Fsp3) is 0.929. The van der Waals surface area contributed by atoms with Gasteiger partial charge in [-0.3, -0.25) is 4.79 Å². The number of hydrogen-bond donors (Lipinski definition) is 2. The third-order valence-corrected chi connectivity index (χ3v) is 3.94. The van der Waals surface area contributed by atoms with E-state index in [1.165, 1.54) is 0 Å². The summed E-state index contributed by atoms with van der Waals surface area (Å²) in [5, 5.41) is 12.4. The minimum atomic E-state index is -0.821. The number of hydrogen-bond acceptors (Lipinski definition) is 4. The Balaban J connectivity index is 2.34. The predicted octanol–water partition coefficient (Wildman–Crippen LogP) is 1.19. The van der Waals surface area contributed by atoms with Gasteiger partial charge in [-0.2, -0.15) is 0 Å². The van der Waals surface area contributed by atoms with Crippen LogP contribution in [0.2, 0.25) is 0 Å². The van der Waals surface area contributed by atoms with Gasteiger partial charge in [-0.1, -0.05) is 6.92 Å². The third kappa shape index (κ3) is 5.47. The number of aliphatic carboxylic acids is 1. The highest BCUT2D eigenvalue weighted by Gasteiger charge is 2.32. The number of carbonyl (C=O) groups is 1. The maximum atomic E-state index is 11.3. The standard InChI is InChI=1S/C14H28N2O3/c1-4-15-14(2,13(17)18)7-8-16(3)11-12-5-9-19-10-6-12/h12,15H,4-11H2,1-3H3,(H,17,18). The van der Waals surface area contributed by atoms with Crippen LogP contribution >= 0.6 is 0 Å². The van der Waals surface area contributed by atoms with Gasteiger partial charge in [0, 0.05) is 26.3 Å². The Kier molecular flexibility index (Phi) is 6.75. The third-order valence-electron chi connectivity index (χ3n) is 3.94. The summed E-state index contributed by atoms with van der Waals surface area (Å²) in [6.45, 7) is 7.93. The maximum absolute atomic E-state index is 11.3. The van der Waals surface area contributed by atoms with Crippen LogP contribution in [0.15, 0.2) is 0 Å². The molecule has 0 amide bonds. The van der Waals surface area contributed by atoms with E-state index in [0.717, 1.165) is 39.1 Å². The molecule has 0 spiro atoms. The zero-order chi connectivity index (χ0) is 14.3. The summed E-state index contributed by atoms with van der Waals surface area (Å²) in [5.74, 6) is -0.0808. The van der Waals surface area contributed by atoms with Crippen LogP contribution in [-0.4, -0.2) is 61.4 Å². The molecule has 0 aromatic heterocycles. The van der Waals surface area contributed by atoms with E-state index >= 15 is 0 Å². The summed E-state index contributed by atoms with van der Waals surface area (Å²) in [7, 11) is 2.07. The Labute approximate surface area is 116 Å². The minimum absolute atomic E-state index is 0.621. The summed E-state index contributed by atoms with van der Waals surface area (Å²) < 4.78 is 5.35. The lowest BCUT2D eigenvalue weighted by Gasteiger charge is -2.31. The second-order valence-electron chi connectivity index (χ2n) is 5.74. The Bertz CT molecular complexity index is 280. The SMILES string of the molecule is CCNC(C)(CCN(C)CC1CCOCC1)C(=O)O. The van der Waals surface area contributed by atoms with Crippen molar-refractivity contribution >= 4 is 5.97 Å². The smallest absolute Gasteiger partial charge is 0.323 e. The average molecular weight is 272 g/mol. The molecule has 1 atom stereocenters. The van der Waals surface area contributed by atoms with Crippen LogP contribution in [0.25, 0.3) is 0 Å². The van der Waals surface area contributed by atoms with Crippen LogP contribution in [0.1, 0.15) is 33.1 Å². The first-order chi connectivity index (χ1) is 8.98. The van der Waals surface area contributed by atoms with E-state index < -0.39 is 11.5 Å². The van der Waals surface area contributed by atoms with E-state index in [-0.39, 0.29) is 0 Å². The number of rotatable bonds is 8. The molecular weight excluding hydrogens is 244 g/mol. The average Bonchev–Trinajstić information content (AvgIpc) is 2.38. The van der Waals surface area contributed by atoms with Crippen molar-refractivity contribution in [3.8, 4) is 0 Å². The van der Waals surface area contributed by atoms with Crippen molar-refractivity contribution in [1.82, 2.24) is 10.2 Å². The monoisotopic (exact) mass is 272 g/mol. The highest BCUT2D eigenvalue weighted by atomic mass is 16.5. The van der Waals surface area contributed by atoms with Crippen LogP contribution in [0.5, 0.6) is 0 Å². The van der Waals surface area contributed by atoms with Crippen molar-refractivity contribution < 1.29 is 14.6 Å². The van der Waals surface area contributed by atoms with Gasteiger partial charge < -0.3 is 20.1 Å². The lowest BCUT2D eigenvalue weighted by Crippen LogP contribution is -2.51. The molecule has 0 aromatic carbocycles. The normalized spacial score (nSPS) is 20.4. The van der Waals surface area contributed by atoms with Crippen molar-refractivity contribution in [2.75, 3.05) is 39.9 Å². The number of carboxylic acids is 1. The molecule has 1 aliphatic heterocycles. The molecule has 0 saturated carbocycles. The second-order valence-corrected chi connectivity index (χ2v) is 5.74. The molecular formula is C14H28N2O3. The lowest BCUT2D eigenvalue weighted by molar-refractivity contribution is -0.144. The zero-order valence-electron chi connectivity index (χ0n) is 12.4. The van der Waals surface area contributed by atoms with Crippen LogP contribution < -0.4 is 5.32 Å². The van der Waals surface area contributed by atoms with Gasteiger partial charge in [-0.25, -0.2) is 0 Å². The maximum Gasteiger partial charge on any atom is 0.323 e. The molecule has 5 nitrogen and oxygen atoms in total. The zero-order valence-corrected chi connectivity index (χ0v) is 12.4. The molecule has 1 unspecified atom stereocenters. The van der Waals surface area contributed by atoms with Gasteiger partial charge in [0.2, 0.25) is 0 Å². The number of carboxylic acid groups (broad SMARTS) is 1. The highest BCUT2D eigenvalue weighted by Crippen LogP contribution is 2.17. The molecule has 1 fully saturated rings. The summed E-state index contributed by atoms with van der Waals surface area (Å²) in [6.07, 6.45) is 2.86. The van der Waals surface area contributed by atoms with Crippen molar-refractivity contribution in [2.24, 2.45) is 5.92 Å². The molecule has 1 saturated heterocycles. The summed E-state index contributed by atoms with van der Waals surface area (Å²) in [4.78, 5) is 13.6. The molecule has 1 rings (SSSR count). The Morgan fingerprint density at radius 2 is 2.11 bits per heavy atom. The highest BCUT2D eigenvalue weighted by molar-refractivity contribution is 5.78. The molecule has 1 aliphatic rings. The van der Waals surface area contributed by atoms with E-state index in [1.807, 2.05) is 6.92 Å². The number of nitrogens with zero attached hydrogens (tertiary/aromatic N) is 1. The quantitative estimate of drug-likeness (QED) is 0.695. The molecule has 2 N–H and O–H groups in total. The van der Waals surface area contributed by atoms with E-state index in [9.17, 15) is 9.90 Å². The fourth-order valence-corrected chi connectivity index (χ4v) is 2.54. The number of likely N-dealkylation sites (N-methyl/N-ethyl adjacent to an activating group) is 1. The van der Waals surface area contributed by atoms with Crippen LogP contribution in [0, 0.1) is 5.92 Å². The predicted molar refractivity (Wildman–Crippen MR) is 75.4 cm³/mol. The van der Waals surface area contributed by atoms with Crippen LogP contribution in [0.3, 0.4) is 0 Å². The number of ether oxygens (including phenoxy) is 1. The largest absolute Gasteiger partial charge is 0.480 e. The molecule has 19 heavy (non-hydrogen) atoms. The summed E-state index contributed by atoms with van der Waals surface area (Å²) in [5.41, 5.74) is -0.821. The molecule has 0 aliphatic carbocycles. The molecule has 0 aromatic rings. The van der Waals surface area contributed by atoms with Gasteiger partial charge in [0.25, 0.3) is 0 Å². The Morgan fingerprint density at radius 3 is 2.63 bits per heavy atom. The molecule has 1 heterocycles. The van der Waals surface area contributed by atoms with Gasteiger partial charge >= 0.3 is 5.97 Å². The molecule has 5 heteroatoms. The van der Waals surface area contributed by atoms with Crippen LogP contribution in [-0.2, 0) is 9.53 Å². The summed E-state index contributed by atoms with van der Waals surface area (Å²) >= 11 is 0. The number of nitrogens with one attached hydrogen (secondary N) is 1. The van der Waals surface area contributed by atoms with E-state index in [2.05, 4.69) is 17.3 Å². The van der Waals surface area contributed by atoms with Gasteiger partial charge in [0.05, 0.1) is 0 Å². The first kappa shape index (κ1) is 16.4. The van der Waals surface area contributed by atoms with Crippen molar-refractivity contribution in [3.63, 3.8) is 0 Å². The fourth-order valence-electron chi connectivity index (χ4n) is 2.54. The van der Waals surface area contributed by atoms with Crippen molar-refractivity contribution in [1.29, 1.82) is 0 Å². The first-order valence-electron chi connectivity index (χ1n) is 7.22. The van der Waals surface area contributed by atoms with Crippen molar-refractivity contribution in [3.05, 3.63) is 0 Å². The van der Waals surface area contributed by atoms with Gasteiger partial charge in [-0.05, 0) is 45.7 Å². The van der Waals surface area contributed by atoms with E-state index in [1.54, 1.807) is 6.92 Å². The Morgan fingerprint density at radius 1 is 1.47 bits per heavy atom. The second kappa shape index (κ2) is 7.82. The molecule has 112 valence electrons. The topological polar surface area (TPSA) is 61.8 Å². The van der Waals surface area contributed by atoms with Gasteiger partial charge in [-0.15, -0.1) is 0 Å². The van der Waals surface area contributed by atoms with E-state index in [0.29, 0.717) is 18.9 Å². The van der Waals surface area contributed by atoms with Crippen molar-refractivity contribution in [2.45, 2.75) is 38.6 Å². The summed E-state index contributed by atoms with van der Waals surface area (Å²) in [6, 6.07) is 0. The van der Waals surface area contributed by atoms with Gasteiger partial charge in [0.1, 0.15) is 5.54 Å². The first-order valence-corrected chi connectivity index (χ1v) is 7.22. The van der Waals surface area contributed by atoms with Gasteiger partial charge in [0.15, 0.2) is 0 Å². The molecule has 0 radical (unpaired) electrons.